The van der Waals surface area contributed by atoms with E-state index in [1.807, 2.05) is 6.07 Å². The highest BCUT2D eigenvalue weighted by atomic mass is 35.5. The third kappa shape index (κ3) is 3.50. The maximum Gasteiger partial charge on any atom is 0.417 e. The Morgan fingerprint density at radius 3 is 2.54 bits per heavy atom. The number of halogens is 4. The van der Waals surface area contributed by atoms with E-state index < -0.39 is 11.7 Å². The lowest BCUT2D eigenvalue weighted by atomic mass is 9.73. The smallest absolute Gasteiger partial charge is 0.355 e. The number of piperidine rings is 1. The minimum Gasteiger partial charge on any atom is -0.355 e. The van der Waals surface area contributed by atoms with Gasteiger partial charge in [0, 0.05) is 37.1 Å². The van der Waals surface area contributed by atoms with Crippen molar-refractivity contribution < 1.29 is 13.2 Å². The average molecular weight is 498 g/mol. The van der Waals surface area contributed by atoms with Crippen molar-refractivity contribution in [2.45, 2.75) is 31.5 Å². The second kappa shape index (κ2) is 7.96. The molecule has 2 aliphatic rings. The summed E-state index contributed by atoms with van der Waals surface area (Å²) in [5, 5.41) is -0.361. The maximum absolute atomic E-state index is 13.4. The monoisotopic (exact) mass is 497 g/mol. The molecule has 1 spiro atoms. The molecule has 5 nitrogen and oxygen atoms in total. The Hall–Kier alpha value is -3.10. The van der Waals surface area contributed by atoms with E-state index in [1.54, 1.807) is 29.1 Å². The van der Waals surface area contributed by atoms with E-state index in [9.17, 15) is 13.2 Å². The van der Waals surface area contributed by atoms with Gasteiger partial charge in [0.05, 0.1) is 16.8 Å². The maximum atomic E-state index is 13.4. The predicted molar refractivity (Wildman–Crippen MR) is 129 cm³/mol. The van der Waals surface area contributed by atoms with Crippen molar-refractivity contribution in [3.05, 3.63) is 82.8 Å². The van der Waals surface area contributed by atoms with Crippen molar-refractivity contribution in [1.82, 2.24) is 14.4 Å². The van der Waals surface area contributed by atoms with Crippen LogP contribution in [0, 0.1) is 5.41 Å². The van der Waals surface area contributed by atoms with Crippen LogP contribution in [0.2, 0.25) is 5.02 Å². The molecule has 0 radical (unpaired) electrons. The minimum absolute atomic E-state index is 0.0224. The molecule has 0 unspecified atom stereocenters. The van der Waals surface area contributed by atoms with Crippen LogP contribution >= 0.6 is 11.6 Å². The zero-order valence-corrected chi connectivity index (χ0v) is 19.5. The highest BCUT2D eigenvalue weighted by Crippen LogP contribution is 2.51. The largest absolute Gasteiger partial charge is 0.417 e. The Balaban J connectivity index is 1.31. The number of alkyl halides is 3. The molecule has 0 amide bonds. The van der Waals surface area contributed by atoms with Gasteiger partial charge < -0.3 is 10.6 Å². The molecule has 1 saturated heterocycles. The van der Waals surface area contributed by atoms with Gasteiger partial charge in [-0.2, -0.15) is 13.2 Å². The predicted octanol–water partition coefficient (Wildman–Crippen LogP) is 5.91. The number of imidazole rings is 1. The summed E-state index contributed by atoms with van der Waals surface area (Å²) in [6, 6.07) is 12.3. The first-order valence-electron chi connectivity index (χ1n) is 11.5. The number of hydrogen-bond acceptors (Lipinski definition) is 4. The van der Waals surface area contributed by atoms with Crippen LogP contribution in [-0.4, -0.2) is 27.5 Å². The van der Waals surface area contributed by atoms with Gasteiger partial charge in [-0.05, 0) is 47.9 Å². The van der Waals surface area contributed by atoms with Gasteiger partial charge in [-0.15, -0.1) is 0 Å². The minimum atomic E-state index is -4.54. The molecule has 1 atom stereocenters. The van der Waals surface area contributed by atoms with Crippen LogP contribution in [0.4, 0.5) is 19.0 Å². The van der Waals surface area contributed by atoms with E-state index in [4.69, 9.17) is 17.3 Å². The fraction of sp³-hybridized carbons (Fsp3) is 0.308. The summed E-state index contributed by atoms with van der Waals surface area (Å²) < 4.78 is 41.9. The van der Waals surface area contributed by atoms with Gasteiger partial charge in [0.1, 0.15) is 11.3 Å². The highest BCUT2D eigenvalue weighted by Gasteiger charge is 2.46. The first-order valence-corrected chi connectivity index (χ1v) is 11.9. The zero-order valence-electron chi connectivity index (χ0n) is 18.8. The number of aromatic nitrogens is 3. The number of anilines is 1. The number of nitrogens with zero attached hydrogens (tertiary/aromatic N) is 4. The van der Waals surface area contributed by atoms with Crippen LogP contribution in [0.1, 0.15) is 35.6 Å². The Morgan fingerprint density at radius 1 is 1.03 bits per heavy atom. The van der Waals surface area contributed by atoms with E-state index in [0.29, 0.717) is 5.82 Å². The second-order valence-electron chi connectivity index (χ2n) is 9.46. The van der Waals surface area contributed by atoms with Gasteiger partial charge in [0.15, 0.2) is 5.82 Å². The van der Waals surface area contributed by atoms with Crippen molar-refractivity contribution in [3.8, 4) is 11.4 Å². The molecule has 9 heteroatoms. The zero-order chi connectivity index (χ0) is 24.4. The van der Waals surface area contributed by atoms with Crippen molar-refractivity contribution >= 4 is 22.9 Å². The number of hydrogen-bond donors (Lipinski definition) is 1. The van der Waals surface area contributed by atoms with Crippen LogP contribution in [0.25, 0.3) is 16.9 Å². The van der Waals surface area contributed by atoms with E-state index in [1.165, 1.54) is 17.2 Å². The molecule has 1 aliphatic heterocycles. The van der Waals surface area contributed by atoms with Crippen LogP contribution in [0.3, 0.4) is 0 Å². The van der Waals surface area contributed by atoms with E-state index in [0.717, 1.165) is 49.8 Å². The average Bonchev–Trinajstić information content (AvgIpc) is 3.39. The summed E-state index contributed by atoms with van der Waals surface area (Å²) in [7, 11) is 0. The summed E-state index contributed by atoms with van der Waals surface area (Å²) in [6.45, 7) is 1.58. The van der Waals surface area contributed by atoms with Crippen molar-refractivity contribution in [3.63, 3.8) is 0 Å². The third-order valence-electron chi connectivity index (χ3n) is 7.63. The molecule has 0 bridgehead atoms. The molecule has 2 N–H and O–H groups in total. The first-order chi connectivity index (χ1) is 16.8. The van der Waals surface area contributed by atoms with Gasteiger partial charge in [-0.25, -0.2) is 9.97 Å². The normalized spacial score (nSPS) is 19.5. The number of fused-ring (bicyclic) bond motifs is 2. The fourth-order valence-electron chi connectivity index (χ4n) is 5.75. The standard InChI is InChI=1S/C26H23ClF3N5/c27-21-18(6-3-7-19(21)26(28,29)30)23-33-15-20-24(32-10-13-35(20)23)34-11-8-25(9-12-34)14-16-4-1-2-5-17(16)22(25)31/h1-7,10,13,15,22H,8-9,11-12,14,31H2/t22-/m1/s1. The summed E-state index contributed by atoms with van der Waals surface area (Å²) in [5.41, 5.74) is 9.43. The molecule has 1 fully saturated rings. The number of benzene rings is 2. The molecule has 1 aliphatic carbocycles. The quantitative estimate of drug-likeness (QED) is 0.374. The molecule has 6 rings (SSSR count). The van der Waals surface area contributed by atoms with Gasteiger partial charge in [-0.3, -0.25) is 4.40 Å². The lowest BCUT2D eigenvalue weighted by Gasteiger charge is -2.42. The van der Waals surface area contributed by atoms with E-state index in [2.05, 4.69) is 33.1 Å². The van der Waals surface area contributed by atoms with Crippen LogP contribution in [-0.2, 0) is 12.6 Å². The van der Waals surface area contributed by atoms with Crippen molar-refractivity contribution in [2.75, 3.05) is 18.0 Å². The molecule has 35 heavy (non-hydrogen) atoms. The third-order valence-corrected chi connectivity index (χ3v) is 8.04. The molecular formula is C26H23ClF3N5. The molecule has 180 valence electrons. The molecule has 2 aromatic carbocycles. The second-order valence-corrected chi connectivity index (χ2v) is 9.83. The molecule has 0 saturated carbocycles. The Morgan fingerprint density at radius 2 is 1.80 bits per heavy atom. The lowest BCUT2D eigenvalue weighted by molar-refractivity contribution is -0.137. The first kappa shape index (κ1) is 22.4. The fourth-order valence-corrected chi connectivity index (χ4v) is 6.07. The SMILES string of the molecule is N[C@@H]1c2ccccc2CC12CCN(c1nccn3c(-c4cccc(C(F)(F)F)c4Cl)ncc13)CC2. The summed E-state index contributed by atoms with van der Waals surface area (Å²) in [6.07, 6.45) is 3.31. The number of rotatable bonds is 2. The van der Waals surface area contributed by atoms with Crippen LogP contribution in [0.5, 0.6) is 0 Å². The summed E-state index contributed by atoms with van der Waals surface area (Å²) in [4.78, 5) is 11.3. The van der Waals surface area contributed by atoms with Gasteiger partial charge in [0.25, 0.3) is 0 Å². The van der Waals surface area contributed by atoms with Crippen molar-refractivity contribution in [2.24, 2.45) is 11.1 Å². The highest BCUT2D eigenvalue weighted by molar-refractivity contribution is 6.34. The summed E-state index contributed by atoms with van der Waals surface area (Å²) >= 11 is 6.18. The topological polar surface area (TPSA) is 59.5 Å². The van der Waals surface area contributed by atoms with E-state index >= 15 is 0 Å². The summed E-state index contributed by atoms with van der Waals surface area (Å²) in [5.74, 6) is 1.11. The van der Waals surface area contributed by atoms with Crippen LogP contribution < -0.4 is 10.6 Å². The van der Waals surface area contributed by atoms with Gasteiger partial charge >= 0.3 is 6.18 Å². The van der Waals surface area contributed by atoms with Gasteiger partial charge in [-0.1, -0.05) is 41.9 Å². The molecule has 4 aromatic rings. The Labute approximate surface area is 205 Å². The number of nitrogens with two attached hydrogens (primary N) is 1. The molecule has 2 aromatic heterocycles. The Kier molecular flexibility index (Phi) is 5.09. The lowest BCUT2D eigenvalue weighted by Crippen LogP contribution is -2.44. The molecule has 3 heterocycles. The van der Waals surface area contributed by atoms with Gasteiger partial charge in [0.2, 0.25) is 0 Å². The Bertz CT molecular complexity index is 1420. The van der Waals surface area contributed by atoms with E-state index in [-0.39, 0.29) is 22.0 Å². The van der Waals surface area contributed by atoms with Crippen LogP contribution in [0.15, 0.2) is 61.1 Å². The molecular weight excluding hydrogens is 475 g/mol. The van der Waals surface area contributed by atoms with Crippen molar-refractivity contribution in [1.29, 1.82) is 0 Å².